The van der Waals surface area contributed by atoms with Crippen molar-refractivity contribution in [1.29, 1.82) is 0 Å². The van der Waals surface area contributed by atoms with Gasteiger partial charge in [-0.3, -0.25) is 5.43 Å². The number of nitrogens with one attached hydrogen (secondary N) is 2. The van der Waals surface area contributed by atoms with Crippen molar-refractivity contribution in [2.24, 2.45) is 0 Å². The number of hydrazine groups is 1. The molecule has 2 aromatic rings. The molecule has 2 rings (SSSR count). The fourth-order valence-electron chi connectivity index (χ4n) is 2.39. The molecule has 2 N–H and O–H groups in total. The molecule has 0 saturated heterocycles. The van der Waals surface area contributed by atoms with E-state index in [1.165, 1.54) is 7.11 Å². The quantitative estimate of drug-likeness (QED) is 0.422. The maximum absolute atomic E-state index is 13.4. The van der Waals surface area contributed by atoms with Gasteiger partial charge in [0.05, 0.1) is 12.7 Å². The van der Waals surface area contributed by atoms with E-state index in [-0.39, 0.29) is 12.1 Å². The van der Waals surface area contributed by atoms with Gasteiger partial charge >= 0.3 is 6.18 Å². The standard InChI is InChI=1S/C18H20F4N2O2/c1-25-16-5-3-4-12(8-16)9-17(26-2)24-23-11-13-6-14(18(20,21)22)10-15(19)7-13/h3-8,10,17,23-24H,9,11H2,1-2H3. The lowest BCUT2D eigenvalue weighted by molar-refractivity contribution is -0.137. The summed E-state index contributed by atoms with van der Waals surface area (Å²) in [4.78, 5) is 0. The van der Waals surface area contributed by atoms with Crippen LogP contribution in [0.1, 0.15) is 16.7 Å². The van der Waals surface area contributed by atoms with E-state index in [4.69, 9.17) is 9.47 Å². The Morgan fingerprint density at radius 1 is 1.04 bits per heavy atom. The van der Waals surface area contributed by atoms with Gasteiger partial charge in [0.1, 0.15) is 17.8 Å². The van der Waals surface area contributed by atoms with E-state index in [0.29, 0.717) is 18.2 Å². The summed E-state index contributed by atoms with van der Waals surface area (Å²) in [6.07, 6.45) is -4.53. The summed E-state index contributed by atoms with van der Waals surface area (Å²) in [6, 6.07) is 9.85. The monoisotopic (exact) mass is 372 g/mol. The molecule has 0 aliphatic carbocycles. The highest BCUT2D eigenvalue weighted by atomic mass is 19.4. The average Bonchev–Trinajstić information content (AvgIpc) is 2.60. The number of halogens is 4. The van der Waals surface area contributed by atoms with Gasteiger partial charge in [0.15, 0.2) is 0 Å². The molecule has 8 heteroatoms. The van der Waals surface area contributed by atoms with E-state index in [1.54, 1.807) is 7.11 Å². The molecule has 26 heavy (non-hydrogen) atoms. The Morgan fingerprint density at radius 2 is 1.81 bits per heavy atom. The van der Waals surface area contributed by atoms with Crippen LogP contribution < -0.4 is 15.6 Å². The average molecular weight is 372 g/mol. The van der Waals surface area contributed by atoms with Crippen LogP contribution in [0.15, 0.2) is 42.5 Å². The lowest BCUT2D eigenvalue weighted by Gasteiger charge is -2.18. The molecule has 1 atom stereocenters. The summed E-state index contributed by atoms with van der Waals surface area (Å²) in [7, 11) is 3.07. The number of hydrogen-bond donors (Lipinski definition) is 2. The second-order valence-corrected chi connectivity index (χ2v) is 5.62. The highest BCUT2D eigenvalue weighted by Gasteiger charge is 2.31. The minimum absolute atomic E-state index is 0.00118. The van der Waals surface area contributed by atoms with Crippen LogP contribution in [0.25, 0.3) is 0 Å². The molecule has 0 amide bonds. The summed E-state index contributed by atoms with van der Waals surface area (Å²) in [5, 5.41) is 0. The lowest BCUT2D eigenvalue weighted by Crippen LogP contribution is -2.42. The molecule has 4 nitrogen and oxygen atoms in total. The number of hydrogen-bond acceptors (Lipinski definition) is 4. The van der Waals surface area contributed by atoms with E-state index < -0.39 is 23.8 Å². The highest BCUT2D eigenvalue weighted by Crippen LogP contribution is 2.30. The zero-order chi connectivity index (χ0) is 19.2. The van der Waals surface area contributed by atoms with Gasteiger partial charge in [-0.2, -0.15) is 13.2 Å². The third kappa shape index (κ3) is 5.98. The molecule has 0 heterocycles. The van der Waals surface area contributed by atoms with E-state index in [0.717, 1.165) is 17.7 Å². The summed E-state index contributed by atoms with van der Waals surface area (Å²) in [6.45, 7) is -0.00118. The zero-order valence-electron chi connectivity index (χ0n) is 14.4. The second-order valence-electron chi connectivity index (χ2n) is 5.62. The van der Waals surface area contributed by atoms with Crippen molar-refractivity contribution in [3.8, 4) is 5.75 Å². The molecule has 1 unspecified atom stereocenters. The molecule has 2 aromatic carbocycles. The maximum atomic E-state index is 13.4. The van der Waals surface area contributed by atoms with Crippen LogP contribution in [0, 0.1) is 5.82 Å². The Balaban J connectivity index is 1.94. The van der Waals surface area contributed by atoms with Gasteiger partial charge in [-0.25, -0.2) is 9.82 Å². The van der Waals surface area contributed by atoms with E-state index in [1.807, 2.05) is 24.3 Å². The van der Waals surface area contributed by atoms with Gasteiger partial charge in [-0.1, -0.05) is 12.1 Å². The third-order valence-corrected chi connectivity index (χ3v) is 3.68. The molecular weight excluding hydrogens is 352 g/mol. The van der Waals surface area contributed by atoms with Crippen LogP contribution in [0.3, 0.4) is 0 Å². The first kappa shape index (κ1) is 20.2. The summed E-state index contributed by atoms with van der Waals surface area (Å²) < 4.78 is 62.0. The first-order valence-corrected chi connectivity index (χ1v) is 7.82. The van der Waals surface area contributed by atoms with Gasteiger partial charge < -0.3 is 9.47 Å². The Labute approximate surface area is 149 Å². The predicted octanol–water partition coefficient (Wildman–Crippen LogP) is 3.66. The Bertz CT molecular complexity index is 723. The molecule has 0 aliphatic heterocycles. The second kappa shape index (κ2) is 8.98. The van der Waals surface area contributed by atoms with Crippen LogP contribution in [-0.4, -0.2) is 20.4 Å². The molecule has 0 saturated carbocycles. The number of rotatable bonds is 8. The maximum Gasteiger partial charge on any atom is 0.416 e. The fourth-order valence-corrected chi connectivity index (χ4v) is 2.39. The predicted molar refractivity (Wildman–Crippen MR) is 88.9 cm³/mol. The van der Waals surface area contributed by atoms with Crippen LogP contribution >= 0.6 is 0 Å². The first-order chi connectivity index (χ1) is 12.3. The number of benzene rings is 2. The van der Waals surface area contributed by atoms with Crippen LogP contribution in [-0.2, 0) is 23.9 Å². The topological polar surface area (TPSA) is 42.5 Å². The Hall–Kier alpha value is -2.16. The summed E-state index contributed by atoms with van der Waals surface area (Å²) in [5.41, 5.74) is 5.73. The van der Waals surface area contributed by atoms with Crippen molar-refractivity contribution in [2.45, 2.75) is 25.4 Å². The molecule has 0 fully saturated rings. The van der Waals surface area contributed by atoms with E-state index in [2.05, 4.69) is 10.9 Å². The van der Waals surface area contributed by atoms with E-state index >= 15 is 0 Å². The van der Waals surface area contributed by atoms with Gasteiger partial charge in [0.2, 0.25) is 0 Å². The highest BCUT2D eigenvalue weighted by molar-refractivity contribution is 5.29. The molecule has 142 valence electrons. The van der Waals surface area contributed by atoms with Crippen molar-refractivity contribution >= 4 is 0 Å². The van der Waals surface area contributed by atoms with Crippen molar-refractivity contribution in [1.82, 2.24) is 10.9 Å². The van der Waals surface area contributed by atoms with Gasteiger partial charge in [-0.15, -0.1) is 0 Å². The smallest absolute Gasteiger partial charge is 0.416 e. The number of methoxy groups -OCH3 is 2. The van der Waals surface area contributed by atoms with Gasteiger partial charge in [0, 0.05) is 20.1 Å². The van der Waals surface area contributed by atoms with Crippen molar-refractivity contribution in [3.63, 3.8) is 0 Å². The summed E-state index contributed by atoms with van der Waals surface area (Å²) in [5.74, 6) is -0.221. The lowest BCUT2D eigenvalue weighted by atomic mass is 10.1. The van der Waals surface area contributed by atoms with Gasteiger partial charge in [0.25, 0.3) is 0 Å². The van der Waals surface area contributed by atoms with Crippen molar-refractivity contribution < 1.29 is 27.0 Å². The molecule has 0 aliphatic rings. The minimum Gasteiger partial charge on any atom is -0.497 e. The van der Waals surface area contributed by atoms with Crippen molar-refractivity contribution in [2.75, 3.05) is 14.2 Å². The van der Waals surface area contributed by atoms with Crippen LogP contribution in [0.5, 0.6) is 5.75 Å². The number of alkyl halides is 3. The summed E-state index contributed by atoms with van der Waals surface area (Å²) >= 11 is 0. The van der Waals surface area contributed by atoms with E-state index in [9.17, 15) is 17.6 Å². The SMILES string of the molecule is COc1cccc(CC(NNCc2cc(F)cc(C(F)(F)F)c2)OC)c1. The van der Waals surface area contributed by atoms with Crippen LogP contribution in [0.2, 0.25) is 0 Å². The zero-order valence-corrected chi connectivity index (χ0v) is 14.4. The largest absolute Gasteiger partial charge is 0.497 e. The van der Waals surface area contributed by atoms with Crippen molar-refractivity contribution in [3.05, 3.63) is 65.0 Å². The molecule has 0 bridgehead atoms. The Morgan fingerprint density at radius 3 is 2.46 bits per heavy atom. The molecule has 0 aromatic heterocycles. The normalized spacial score (nSPS) is 12.8. The molecular formula is C18H20F4N2O2. The first-order valence-electron chi connectivity index (χ1n) is 7.82. The number of ether oxygens (including phenoxy) is 2. The molecule has 0 spiro atoms. The third-order valence-electron chi connectivity index (χ3n) is 3.68. The van der Waals surface area contributed by atoms with Gasteiger partial charge in [-0.05, 0) is 41.5 Å². The fraction of sp³-hybridized carbons (Fsp3) is 0.333. The minimum atomic E-state index is -4.59. The van der Waals surface area contributed by atoms with Crippen LogP contribution in [0.4, 0.5) is 17.6 Å². The Kier molecular flexibility index (Phi) is 6.96. The molecule has 0 radical (unpaired) electrons.